The monoisotopic (exact) mass is 373 g/mol. The number of rotatable bonds is 5. The molecule has 1 saturated heterocycles. The van der Waals surface area contributed by atoms with Gasteiger partial charge in [0, 0.05) is 37.2 Å². The smallest absolute Gasteiger partial charge is 0.253 e. The fraction of sp³-hybridized carbons (Fsp3) is 0.368. The summed E-state index contributed by atoms with van der Waals surface area (Å²) in [5.41, 5.74) is 2.42. The zero-order chi connectivity index (χ0) is 18.6. The van der Waals surface area contributed by atoms with Gasteiger partial charge in [0.15, 0.2) is 9.84 Å². The molecule has 7 heteroatoms. The van der Waals surface area contributed by atoms with Gasteiger partial charge in [0.25, 0.3) is 5.91 Å². The zero-order valence-electron chi connectivity index (χ0n) is 14.8. The third kappa shape index (κ3) is 4.60. The number of aromatic nitrogens is 1. The highest BCUT2D eigenvalue weighted by molar-refractivity contribution is 7.91. The van der Waals surface area contributed by atoms with Crippen LogP contribution < -0.4 is 10.2 Å². The Kier molecular flexibility index (Phi) is 5.56. The second-order valence-electron chi connectivity index (χ2n) is 6.60. The van der Waals surface area contributed by atoms with Crippen LogP contribution in [-0.4, -0.2) is 49.9 Å². The lowest BCUT2D eigenvalue weighted by atomic mass is 10.1. The normalized spacial score (nSPS) is 17.5. The number of benzene rings is 1. The van der Waals surface area contributed by atoms with Crippen LogP contribution in [0.4, 0.5) is 5.69 Å². The van der Waals surface area contributed by atoms with Crippen molar-refractivity contribution in [3.8, 4) is 0 Å². The summed E-state index contributed by atoms with van der Waals surface area (Å²) in [6.07, 6.45) is 4.22. The highest BCUT2D eigenvalue weighted by Crippen LogP contribution is 2.22. The Hall–Kier alpha value is -2.41. The minimum Gasteiger partial charge on any atom is -0.369 e. The number of carbonyl (C=O) groups is 1. The number of anilines is 1. The van der Waals surface area contributed by atoms with Gasteiger partial charge in [0.2, 0.25) is 0 Å². The third-order valence-electron chi connectivity index (χ3n) is 4.48. The zero-order valence-corrected chi connectivity index (χ0v) is 15.6. The third-order valence-corrected chi connectivity index (χ3v) is 6.09. The standard InChI is InChI=1S/C19H23N3O3S/c1-15(13-16-5-4-8-20-14-16)21-19(23)17-6-2-3-7-18(17)22-9-11-26(24,25)12-10-22/h2-8,14-15H,9-13H2,1H3,(H,21,23). The molecule has 1 aromatic heterocycles. The van der Waals surface area contributed by atoms with Crippen LogP contribution in [0, 0.1) is 0 Å². The van der Waals surface area contributed by atoms with Gasteiger partial charge in [-0.05, 0) is 37.1 Å². The maximum atomic E-state index is 12.8. The van der Waals surface area contributed by atoms with Crippen molar-refractivity contribution in [3.63, 3.8) is 0 Å². The summed E-state index contributed by atoms with van der Waals surface area (Å²) in [6.45, 7) is 2.79. The number of hydrogen-bond donors (Lipinski definition) is 1. The van der Waals surface area contributed by atoms with E-state index in [1.165, 1.54) is 0 Å². The van der Waals surface area contributed by atoms with Crippen molar-refractivity contribution < 1.29 is 13.2 Å². The molecular weight excluding hydrogens is 350 g/mol. The molecule has 1 aliphatic rings. The molecule has 1 aliphatic heterocycles. The number of para-hydroxylation sites is 1. The Balaban J connectivity index is 1.70. The first-order valence-corrected chi connectivity index (χ1v) is 10.5. The van der Waals surface area contributed by atoms with Crippen LogP contribution in [0.25, 0.3) is 0 Å². The molecule has 1 aromatic carbocycles. The molecule has 1 N–H and O–H groups in total. The first kappa shape index (κ1) is 18.4. The maximum Gasteiger partial charge on any atom is 0.253 e. The lowest BCUT2D eigenvalue weighted by Crippen LogP contribution is -2.42. The van der Waals surface area contributed by atoms with Crippen LogP contribution in [0.3, 0.4) is 0 Å². The van der Waals surface area contributed by atoms with E-state index < -0.39 is 9.84 Å². The largest absolute Gasteiger partial charge is 0.369 e. The molecule has 2 heterocycles. The summed E-state index contributed by atoms with van der Waals surface area (Å²) in [4.78, 5) is 18.8. The number of carbonyl (C=O) groups excluding carboxylic acids is 1. The van der Waals surface area contributed by atoms with Gasteiger partial charge in [-0.3, -0.25) is 9.78 Å². The lowest BCUT2D eigenvalue weighted by Gasteiger charge is -2.30. The van der Waals surface area contributed by atoms with Crippen molar-refractivity contribution >= 4 is 21.4 Å². The molecule has 6 nitrogen and oxygen atoms in total. The quantitative estimate of drug-likeness (QED) is 0.863. The number of pyridine rings is 1. The van der Waals surface area contributed by atoms with Crippen LogP contribution in [0.1, 0.15) is 22.8 Å². The minimum atomic E-state index is -2.96. The van der Waals surface area contributed by atoms with Gasteiger partial charge in [-0.25, -0.2) is 8.42 Å². The molecular formula is C19H23N3O3S. The number of nitrogens with one attached hydrogen (secondary N) is 1. The molecule has 0 spiro atoms. The average molecular weight is 373 g/mol. The van der Waals surface area contributed by atoms with Crippen molar-refractivity contribution in [2.24, 2.45) is 0 Å². The van der Waals surface area contributed by atoms with Crippen molar-refractivity contribution in [1.29, 1.82) is 0 Å². The SMILES string of the molecule is CC(Cc1cccnc1)NC(=O)c1ccccc1N1CCS(=O)(=O)CC1. The molecule has 1 atom stereocenters. The Morgan fingerprint density at radius 2 is 1.92 bits per heavy atom. The molecule has 1 amide bonds. The van der Waals surface area contributed by atoms with Crippen molar-refractivity contribution in [1.82, 2.24) is 10.3 Å². The number of hydrogen-bond acceptors (Lipinski definition) is 5. The van der Waals surface area contributed by atoms with E-state index in [0.29, 0.717) is 25.1 Å². The summed E-state index contributed by atoms with van der Waals surface area (Å²) in [5, 5.41) is 3.03. The molecule has 0 radical (unpaired) electrons. The van der Waals surface area contributed by atoms with Crippen LogP contribution in [-0.2, 0) is 16.3 Å². The van der Waals surface area contributed by atoms with Gasteiger partial charge >= 0.3 is 0 Å². The fourth-order valence-corrected chi connectivity index (χ4v) is 4.32. The highest BCUT2D eigenvalue weighted by atomic mass is 32.2. The Morgan fingerprint density at radius 1 is 1.19 bits per heavy atom. The summed E-state index contributed by atoms with van der Waals surface area (Å²) in [5.74, 6) is 0.103. The van der Waals surface area contributed by atoms with E-state index in [2.05, 4.69) is 10.3 Å². The molecule has 1 fully saturated rings. The Labute approximate surface area is 154 Å². The molecule has 26 heavy (non-hydrogen) atoms. The van der Waals surface area contributed by atoms with Gasteiger partial charge in [-0.1, -0.05) is 18.2 Å². The predicted molar refractivity (Wildman–Crippen MR) is 102 cm³/mol. The lowest BCUT2D eigenvalue weighted by molar-refractivity contribution is 0.0940. The number of sulfone groups is 1. The van der Waals surface area contributed by atoms with Crippen molar-refractivity contribution in [2.45, 2.75) is 19.4 Å². The topological polar surface area (TPSA) is 79.4 Å². The van der Waals surface area contributed by atoms with E-state index in [4.69, 9.17) is 0 Å². The van der Waals surface area contributed by atoms with E-state index in [1.807, 2.05) is 42.2 Å². The molecule has 0 aliphatic carbocycles. The van der Waals surface area contributed by atoms with Gasteiger partial charge in [-0.2, -0.15) is 0 Å². The summed E-state index contributed by atoms with van der Waals surface area (Å²) in [6, 6.07) is 11.2. The van der Waals surface area contributed by atoms with Crippen LogP contribution in [0.5, 0.6) is 0 Å². The molecule has 0 saturated carbocycles. The molecule has 3 rings (SSSR count). The summed E-state index contributed by atoms with van der Waals surface area (Å²) in [7, 11) is -2.96. The van der Waals surface area contributed by atoms with Crippen molar-refractivity contribution in [2.75, 3.05) is 29.5 Å². The van der Waals surface area contributed by atoms with Crippen molar-refractivity contribution in [3.05, 3.63) is 59.9 Å². The molecule has 2 aromatic rings. The second kappa shape index (κ2) is 7.86. The fourth-order valence-electron chi connectivity index (χ4n) is 3.12. The van der Waals surface area contributed by atoms with Crippen LogP contribution in [0.15, 0.2) is 48.8 Å². The Bertz CT molecular complexity index is 855. The highest BCUT2D eigenvalue weighted by Gasteiger charge is 2.25. The van der Waals surface area contributed by atoms with Gasteiger partial charge in [-0.15, -0.1) is 0 Å². The molecule has 1 unspecified atom stereocenters. The second-order valence-corrected chi connectivity index (χ2v) is 8.90. The van der Waals surface area contributed by atoms with E-state index in [1.54, 1.807) is 18.5 Å². The summed E-state index contributed by atoms with van der Waals surface area (Å²) < 4.78 is 23.3. The van der Waals surface area contributed by atoms with E-state index >= 15 is 0 Å². The first-order valence-electron chi connectivity index (χ1n) is 8.69. The van der Waals surface area contributed by atoms with E-state index in [9.17, 15) is 13.2 Å². The average Bonchev–Trinajstić information content (AvgIpc) is 2.62. The van der Waals surface area contributed by atoms with Gasteiger partial charge in [0.05, 0.1) is 17.1 Å². The van der Waals surface area contributed by atoms with Crippen LogP contribution in [0.2, 0.25) is 0 Å². The molecule has 138 valence electrons. The first-order chi connectivity index (χ1) is 12.4. The number of amides is 1. The minimum absolute atomic E-state index is 0.0403. The molecule has 0 bridgehead atoms. The van der Waals surface area contributed by atoms with E-state index in [0.717, 1.165) is 11.3 Å². The maximum absolute atomic E-state index is 12.8. The Morgan fingerprint density at radius 3 is 2.62 bits per heavy atom. The number of nitrogens with zero attached hydrogens (tertiary/aromatic N) is 2. The van der Waals surface area contributed by atoms with E-state index in [-0.39, 0.29) is 23.5 Å². The summed E-state index contributed by atoms with van der Waals surface area (Å²) >= 11 is 0. The van der Waals surface area contributed by atoms with Gasteiger partial charge < -0.3 is 10.2 Å². The van der Waals surface area contributed by atoms with Gasteiger partial charge in [0.1, 0.15) is 0 Å². The van der Waals surface area contributed by atoms with Crippen LogP contribution >= 0.6 is 0 Å². The predicted octanol–water partition coefficient (Wildman–Crippen LogP) is 1.68.